The molecule has 2 atom stereocenters. The van der Waals surface area contributed by atoms with E-state index in [-0.39, 0.29) is 18.1 Å². The number of rotatable bonds is 8. The number of aliphatic hydroxyl groups excluding tert-OH is 2. The van der Waals surface area contributed by atoms with Crippen molar-refractivity contribution in [1.82, 2.24) is 4.90 Å². The molecular formula is C15H29NO3. The van der Waals surface area contributed by atoms with Crippen molar-refractivity contribution in [3.63, 3.8) is 0 Å². The lowest BCUT2D eigenvalue weighted by Crippen LogP contribution is -2.42. The fourth-order valence-corrected chi connectivity index (χ4v) is 2.58. The monoisotopic (exact) mass is 271 g/mol. The van der Waals surface area contributed by atoms with Crippen LogP contribution < -0.4 is 0 Å². The van der Waals surface area contributed by atoms with Crippen molar-refractivity contribution in [2.75, 3.05) is 13.1 Å². The molecule has 0 bridgehead atoms. The van der Waals surface area contributed by atoms with Crippen LogP contribution in [0.5, 0.6) is 0 Å². The van der Waals surface area contributed by atoms with Gasteiger partial charge in [0, 0.05) is 19.5 Å². The third kappa shape index (κ3) is 6.92. The van der Waals surface area contributed by atoms with E-state index in [0.717, 1.165) is 32.2 Å². The van der Waals surface area contributed by atoms with Crippen molar-refractivity contribution in [2.24, 2.45) is 0 Å². The number of β-amino-alcohol motifs (C(OH)–C–C–N with tert-alkyl or cyclic N) is 1. The van der Waals surface area contributed by atoms with Gasteiger partial charge < -0.3 is 15.1 Å². The van der Waals surface area contributed by atoms with Gasteiger partial charge in [0.2, 0.25) is 5.91 Å². The molecule has 2 N–H and O–H groups in total. The standard InChI is InChI=1S/C15H29NO3/c1-2-3-4-5-7-13(17)9-10-15(19)16-11-6-8-14(18)12-16/h13-14,17-18H,2-12H2,1H3. The van der Waals surface area contributed by atoms with Gasteiger partial charge in [0.1, 0.15) is 0 Å². The van der Waals surface area contributed by atoms with Gasteiger partial charge in [-0.05, 0) is 25.7 Å². The first-order valence-corrected chi connectivity index (χ1v) is 7.77. The second-order valence-electron chi connectivity index (χ2n) is 5.68. The molecule has 0 aromatic rings. The van der Waals surface area contributed by atoms with Crippen molar-refractivity contribution < 1.29 is 15.0 Å². The zero-order valence-corrected chi connectivity index (χ0v) is 12.2. The van der Waals surface area contributed by atoms with E-state index in [1.54, 1.807) is 4.90 Å². The molecule has 0 saturated carbocycles. The van der Waals surface area contributed by atoms with Gasteiger partial charge in [0.15, 0.2) is 0 Å². The molecule has 112 valence electrons. The van der Waals surface area contributed by atoms with Crippen molar-refractivity contribution in [3.8, 4) is 0 Å². The van der Waals surface area contributed by atoms with E-state index in [1.807, 2.05) is 0 Å². The molecule has 1 saturated heterocycles. The highest BCUT2D eigenvalue weighted by Gasteiger charge is 2.22. The van der Waals surface area contributed by atoms with Crippen LogP contribution in [0, 0.1) is 0 Å². The summed E-state index contributed by atoms with van der Waals surface area (Å²) >= 11 is 0. The molecule has 0 aliphatic carbocycles. The molecule has 0 aromatic heterocycles. The molecule has 1 amide bonds. The fourth-order valence-electron chi connectivity index (χ4n) is 2.58. The van der Waals surface area contributed by atoms with Crippen LogP contribution in [0.4, 0.5) is 0 Å². The summed E-state index contributed by atoms with van der Waals surface area (Å²) in [7, 11) is 0. The number of carbonyl (C=O) groups excluding carboxylic acids is 1. The Kier molecular flexibility index (Phi) is 8.07. The summed E-state index contributed by atoms with van der Waals surface area (Å²) in [5.41, 5.74) is 0. The molecule has 0 spiro atoms. The Morgan fingerprint density at radius 1 is 1.32 bits per heavy atom. The third-order valence-corrected chi connectivity index (χ3v) is 3.83. The molecular weight excluding hydrogens is 242 g/mol. The Morgan fingerprint density at radius 3 is 2.79 bits per heavy atom. The number of unbranched alkanes of at least 4 members (excludes halogenated alkanes) is 3. The number of carbonyl (C=O) groups is 1. The Labute approximate surface area is 116 Å². The number of nitrogens with zero attached hydrogens (tertiary/aromatic N) is 1. The first-order chi connectivity index (χ1) is 9.13. The highest BCUT2D eigenvalue weighted by atomic mass is 16.3. The van der Waals surface area contributed by atoms with Crippen molar-refractivity contribution in [1.29, 1.82) is 0 Å². The van der Waals surface area contributed by atoms with Crippen LogP contribution in [0.15, 0.2) is 0 Å². The van der Waals surface area contributed by atoms with Crippen LogP contribution in [0.1, 0.15) is 64.7 Å². The summed E-state index contributed by atoms with van der Waals surface area (Å²) in [6.45, 7) is 3.38. The molecule has 1 aliphatic heterocycles. The highest BCUT2D eigenvalue weighted by molar-refractivity contribution is 5.76. The number of hydrogen-bond acceptors (Lipinski definition) is 3. The van der Waals surface area contributed by atoms with Crippen LogP contribution in [0.2, 0.25) is 0 Å². The van der Waals surface area contributed by atoms with Gasteiger partial charge in [-0.25, -0.2) is 0 Å². The molecule has 1 aliphatic rings. The summed E-state index contributed by atoms with van der Waals surface area (Å²) in [5.74, 6) is 0.0753. The van der Waals surface area contributed by atoms with Crippen LogP contribution in [-0.4, -0.2) is 46.3 Å². The summed E-state index contributed by atoms with van der Waals surface area (Å²) in [4.78, 5) is 13.7. The van der Waals surface area contributed by atoms with Crippen molar-refractivity contribution in [2.45, 2.75) is 76.9 Å². The molecule has 4 heteroatoms. The maximum atomic E-state index is 11.9. The zero-order chi connectivity index (χ0) is 14.1. The largest absolute Gasteiger partial charge is 0.393 e. The van der Waals surface area contributed by atoms with E-state index in [2.05, 4.69) is 6.92 Å². The van der Waals surface area contributed by atoms with Crippen molar-refractivity contribution >= 4 is 5.91 Å². The molecule has 2 unspecified atom stereocenters. The molecule has 1 fully saturated rings. The number of piperidine rings is 1. The minimum atomic E-state index is -0.364. The minimum absolute atomic E-state index is 0.0753. The highest BCUT2D eigenvalue weighted by Crippen LogP contribution is 2.14. The van der Waals surface area contributed by atoms with Gasteiger partial charge in [0.25, 0.3) is 0 Å². The molecule has 0 radical (unpaired) electrons. The Morgan fingerprint density at radius 2 is 2.11 bits per heavy atom. The Balaban J connectivity index is 2.11. The number of likely N-dealkylation sites (tertiary alicyclic amines) is 1. The van der Waals surface area contributed by atoms with Gasteiger partial charge in [-0.2, -0.15) is 0 Å². The second kappa shape index (κ2) is 9.32. The predicted molar refractivity (Wildman–Crippen MR) is 75.8 cm³/mol. The average molecular weight is 271 g/mol. The molecule has 4 nitrogen and oxygen atoms in total. The van der Waals surface area contributed by atoms with E-state index < -0.39 is 0 Å². The summed E-state index contributed by atoms with van der Waals surface area (Å²) in [5, 5.41) is 19.4. The SMILES string of the molecule is CCCCCCC(O)CCC(=O)N1CCCC(O)C1. The summed E-state index contributed by atoms with van der Waals surface area (Å²) in [6.07, 6.45) is 7.35. The lowest BCUT2D eigenvalue weighted by atomic mass is 10.0. The summed E-state index contributed by atoms with van der Waals surface area (Å²) in [6, 6.07) is 0. The predicted octanol–water partition coefficient (Wildman–Crippen LogP) is 2.08. The Bertz CT molecular complexity index is 258. The van der Waals surface area contributed by atoms with Crippen LogP contribution >= 0.6 is 0 Å². The minimum Gasteiger partial charge on any atom is -0.393 e. The van der Waals surface area contributed by atoms with Gasteiger partial charge in [-0.3, -0.25) is 4.79 Å². The van der Waals surface area contributed by atoms with E-state index in [9.17, 15) is 15.0 Å². The van der Waals surface area contributed by atoms with Crippen LogP contribution in [-0.2, 0) is 4.79 Å². The van der Waals surface area contributed by atoms with E-state index >= 15 is 0 Å². The summed E-state index contributed by atoms with van der Waals surface area (Å²) < 4.78 is 0. The van der Waals surface area contributed by atoms with E-state index in [1.165, 1.54) is 19.3 Å². The first kappa shape index (κ1) is 16.4. The van der Waals surface area contributed by atoms with Gasteiger partial charge in [0.05, 0.1) is 12.2 Å². The molecule has 1 rings (SSSR count). The lowest BCUT2D eigenvalue weighted by Gasteiger charge is -2.30. The maximum Gasteiger partial charge on any atom is 0.222 e. The van der Waals surface area contributed by atoms with Crippen LogP contribution in [0.3, 0.4) is 0 Å². The molecule has 19 heavy (non-hydrogen) atoms. The van der Waals surface area contributed by atoms with Gasteiger partial charge >= 0.3 is 0 Å². The molecule has 1 heterocycles. The quantitative estimate of drug-likeness (QED) is 0.664. The fraction of sp³-hybridized carbons (Fsp3) is 0.933. The smallest absolute Gasteiger partial charge is 0.222 e. The second-order valence-corrected chi connectivity index (χ2v) is 5.68. The zero-order valence-electron chi connectivity index (χ0n) is 12.2. The number of hydrogen-bond donors (Lipinski definition) is 2. The number of aliphatic hydroxyl groups is 2. The Hall–Kier alpha value is -0.610. The normalized spacial score (nSPS) is 21.4. The topological polar surface area (TPSA) is 60.8 Å². The van der Waals surface area contributed by atoms with Crippen LogP contribution in [0.25, 0.3) is 0 Å². The lowest BCUT2D eigenvalue weighted by molar-refractivity contribution is -0.134. The third-order valence-electron chi connectivity index (χ3n) is 3.83. The molecule has 0 aromatic carbocycles. The first-order valence-electron chi connectivity index (χ1n) is 7.77. The van der Waals surface area contributed by atoms with E-state index in [4.69, 9.17) is 0 Å². The van der Waals surface area contributed by atoms with Crippen molar-refractivity contribution in [3.05, 3.63) is 0 Å². The average Bonchev–Trinajstić information content (AvgIpc) is 2.41. The van der Waals surface area contributed by atoms with Gasteiger partial charge in [-0.15, -0.1) is 0 Å². The van der Waals surface area contributed by atoms with Gasteiger partial charge in [-0.1, -0.05) is 32.6 Å². The number of amides is 1. The maximum absolute atomic E-state index is 11.9. The van der Waals surface area contributed by atoms with E-state index in [0.29, 0.717) is 19.4 Å².